The van der Waals surface area contributed by atoms with Crippen LogP contribution in [0.4, 0.5) is 27.6 Å². The molecule has 26 heavy (non-hydrogen) atoms. The summed E-state index contributed by atoms with van der Waals surface area (Å²) < 4.78 is 69.0. The maximum absolute atomic E-state index is 13.9. The summed E-state index contributed by atoms with van der Waals surface area (Å²) >= 11 is 0. The fraction of sp³-hybridized carbons (Fsp3) is 0.316. The highest BCUT2D eigenvalue weighted by Crippen LogP contribution is 2.27. The van der Waals surface area contributed by atoms with E-state index in [0.29, 0.717) is 13.1 Å². The van der Waals surface area contributed by atoms with Crippen molar-refractivity contribution < 1.29 is 26.5 Å². The zero-order chi connectivity index (χ0) is 19.2. The van der Waals surface area contributed by atoms with Crippen LogP contribution in [0.1, 0.15) is 22.3 Å². The Balaban J connectivity index is 1.94. The normalized spacial score (nSPS) is 14.2. The smallest absolute Gasteiger partial charge is 0.246 e. The van der Waals surface area contributed by atoms with Gasteiger partial charge in [0.25, 0.3) is 0 Å². The lowest BCUT2D eigenvalue weighted by atomic mass is 10.0. The molecule has 0 spiro atoms. The molecule has 0 bridgehead atoms. The zero-order valence-electron chi connectivity index (χ0n) is 14.6. The lowest BCUT2D eigenvalue weighted by molar-refractivity contribution is -0.530. The third-order valence-corrected chi connectivity index (χ3v) is 4.41. The van der Waals surface area contributed by atoms with Crippen LogP contribution < -0.4 is 4.90 Å². The monoisotopic (exact) mass is 368 g/mol. The largest absolute Gasteiger partial charge is 0.369 e. The SMILES string of the molecule is Cc1cc(C)c(N2[C]=[N+](Cc3c(F)c(F)c(F)c(F)c3F)CC2)c(C)c1. The second-order valence-electron chi connectivity index (χ2n) is 6.47. The van der Waals surface area contributed by atoms with Gasteiger partial charge < -0.3 is 0 Å². The minimum atomic E-state index is -2.15. The molecular formula is C19H17F5N2+. The van der Waals surface area contributed by atoms with Crippen molar-refractivity contribution >= 4 is 12.0 Å². The van der Waals surface area contributed by atoms with Gasteiger partial charge in [0.2, 0.25) is 5.82 Å². The number of aryl methyl sites for hydroxylation is 3. The molecule has 0 saturated heterocycles. The highest BCUT2D eigenvalue weighted by molar-refractivity contribution is 5.80. The Labute approximate surface area is 148 Å². The molecule has 1 radical (unpaired) electrons. The Morgan fingerprint density at radius 3 is 1.92 bits per heavy atom. The van der Waals surface area contributed by atoms with E-state index in [1.165, 1.54) is 4.58 Å². The lowest BCUT2D eigenvalue weighted by Crippen LogP contribution is -2.20. The van der Waals surface area contributed by atoms with Crippen molar-refractivity contribution in [1.82, 2.24) is 0 Å². The molecular weight excluding hydrogens is 351 g/mol. The van der Waals surface area contributed by atoms with Gasteiger partial charge in [-0.1, -0.05) is 17.7 Å². The summed E-state index contributed by atoms with van der Waals surface area (Å²) in [5, 5.41) is 0. The van der Waals surface area contributed by atoms with Crippen molar-refractivity contribution in [3.8, 4) is 0 Å². The van der Waals surface area contributed by atoms with Crippen molar-refractivity contribution in [2.75, 3.05) is 18.0 Å². The molecule has 0 unspecified atom stereocenters. The van der Waals surface area contributed by atoms with Crippen molar-refractivity contribution in [3.05, 3.63) is 63.5 Å². The average molecular weight is 368 g/mol. The third-order valence-electron chi connectivity index (χ3n) is 4.41. The summed E-state index contributed by atoms with van der Waals surface area (Å²) in [5.41, 5.74) is 3.23. The molecule has 1 heterocycles. The van der Waals surface area contributed by atoms with Gasteiger partial charge in [-0.15, -0.1) is 0 Å². The molecule has 0 amide bonds. The maximum atomic E-state index is 13.9. The molecule has 0 aromatic heterocycles. The molecule has 0 fully saturated rings. The Morgan fingerprint density at radius 2 is 1.38 bits per heavy atom. The van der Waals surface area contributed by atoms with E-state index in [1.807, 2.05) is 32.9 Å². The number of hydrogen-bond acceptors (Lipinski definition) is 1. The Kier molecular flexibility index (Phi) is 4.73. The van der Waals surface area contributed by atoms with Crippen LogP contribution >= 0.6 is 0 Å². The maximum Gasteiger partial charge on any atom is 0.369 e. The van der Waals surface area contributed by atoms with Crippen LogP contribution in [0.5, 0.6) is 0 Å². The summed E-state index contributed by atoms with van der Waals surface area (Å²) in [6.45, 7) is 6.28. The predicted molar refractivity (Wildman–Crippen MR) is 88.1 cm³/mol. The molecule has 0 atom stereocenters. The van der Waals surface area contributed by atoms with E-state index < -0.39 is 41.2 Å². The van der Waals surface area contributed by atoms with Gasteiger partial charge in [-0.3, -0.25) is 0 Å². The van der Waals surface area contributed by atoms with Crippen LogP contribution in [0.2, 0.25) is 0 Å². The number of rotatable bonds is 3. The molecule has 0 aliphatic carbocycles. The summed E-state index contributed by atoms with van der Waals surface area (Å²) in [5.74, 6) is -9.61. The van der Waals surface area contributed by atoms with E-state index in [1.54, 1.807) is 4.90 Å². The van der Waals surface area contributed by atoms with Crippen LogP contribution in [-0.4, -0.2) is 24.0 Å². The molecule has 2 nitrogen and oxygen atoms in total. The van der Waals surface area contributed by atoms with E-state index >= 15 is 0 Å². The van der Waals surface area contributed by atoms with E-state index in [0.717, 1.165) is 22.4 Å². The van der Waals surface area contributed by atoms with E-state index in [4.69, 9.17) is 0 Å². The highest BCUT2D eigenvalue weighted by atomic mass is 19.2. The minimum absolute atomic E-state index is 0.353. The fourth-order valence-corrected chi connectivity index (χ4v) is 3.35. The topological polar surface area (TPSA) is 6.25 Å². The van der Waals surface area contributed by atoms with Crippen LogP contribution in [0.25, 0.3) is 0 Å². The molecule has 7 heteroatoms. The average Bonchev–Trinajstić information content (AvgIpc) is 3.02. The second-order valence-corrected chi connectivity index (χ2v) is 6.47. The number of halogens is 5. The zero-order valence-corrected chi connectivity index (χ0v) is 14.6. The summed E-state index contributed by atoms with van der Waals surface area (Å²) in [7, 11) is 0. The quantitative estimate of drug-likeness (QED) is 0.340. The molecule has 0 saturated carbocycles. The standard InChI is InChI=1S/C19H17F5N2/c1-10-6-11(2)19(12(3)7-10)26-5-4-25(9-26)8-13-14(20)16(22)18(24)17(23)15(13)21/h6-7H,4-5,8H2,1-3H3/q+1. The van der Waals surface area contributed by atoms with E-state index in [2.05, 4.69) is 6.34 Å². The number of nitrogens with zero attached hydrogens (tertiary/aromatic N) is 2. The summed E-state index contributed by atoms with van der Waals surface area (Å²) in [4.78, 5) is 1.80. The van der Waals surface area contributed by atoms with Crippen molar-refractivity contribution in [2.45, 2.75) is 27.3 Å². The Bertz CT molecular complexity index is 869. The van der Waals surface area contributed by atoms with Gasteiger partial charge in [0, 0.05) is 0 Å². The highest BCUT2D eigenvalue weighted by Gasteiger charge is 2.31. The van der Waals surface area contributed by atoms with Gasteiger partial charge in [-0.2, -0.15) is 0 Å². The molecule has 2 aromatic carbocycles. The van der Waals surface area contributed by atoms with Gasteiger partial charge in [0.15, 0.2) is 23.3 Å². The van der Waals surface area contributed by atoms with Crippen molar-refractivity contribution in [2.24, 2.45) is 0 Å². The first-order chi connectivity index (χ1) is 12.2. The van der Waals surface area contributed by atoms with Crippen LogP contribution in [0, 0.1) is 49.9 Å². The number of hydrogen-bond donors (Lipinski definition) is 0. The Hall–Kier alpha value is -2.44. The second kappa shape index (κ2) is 6.70. The third kappa shape index (κ3) is 3.06. The number of anilines is 1. The van der Waals surface area contributed by atoms with E-state index in [-0.39, 0.29) is 0 Å². The van der Waals surface area contributed by atoms with Crippen molar-refractivity contribution in [1.29, 1.82) is 0 Å². The molecule has 1 aliphatic heterocycles. The molecule has 3 rings (SSSR count). The van der Waals surface area contributed by atoms with Crippen LogP contribution in [0.3, 0.4) is 0 Å². The van der Waals surface area contributed by atoms with Gasteiger partial charge in [0.05, 0.1) is 5.56 Å². The van der Waals surface area contributed by atoms with Gasteiger partial charge in [0.1, 0.15) is 25.3 Å². The minimum Gasteiger partial charge on any atom is -0.246 e. The first-order valence-corrected chi connectivity index (χ1v) is 8.07. The lowest BCUT2D eigenvalue weighted by Gasteiger charge is -2.12. The molecule has 1 aliphatic rings. The fourth-order valence-electron chi connectivity index (χ4n) is 3.35. The van der Waals surface area contributed by atoms with Crippen LogP contribution in [-0.2, 0) is 6.54 Å². The first-order valence-electron chi connectivity index (χ1n) is 8.07. The van der Waals surface area contributed by atoms with Crippen molar-refractivity contribution in [3.63, 3.8) is 0 Å². The molecule has 0 N–H and O–H groups in total. The Morgan fingerprint density at radius 1 is 0.885 bits per heavy atom. The van der Waals surface area contributed by atoms with E-state index in [9.17, 15) is 22.0 Å². The molecule has 137 valence electrons. The first kappa shape index (κ1) is 18.4. The molecule has 2 aromatic rings. The predicted octanol–water partition coefficient (Wildman–Crippen LogP) is 4.25. The van der Waals surface area contributed by atoms with Crippen LogP contribution in [0.15, 0.2) is 12.1 Å². The van der Waals surface area contributed by atoms with Gasteiger partial charge in [-0.05, 0) is 31.9 Å². The number of benzene rings is 2. The summed E-state index contributed by atoms with van der Waals surface area (Å²) in [6, 6.07) is 4.02. The van der Waals surface area contributed by atoms with Gasteiger partial charge in [-0.25, -0.2) is 31.4 Å². The van der Waals surface area contributed by atoms with Gasteiger partial charge >= 0.3 is 6.34 Å². The summed E-state index contributed by atoms with van der Waals surface area (Å²) in [6.07, 6.45) is 2.96.